The number of hydrogen-bond acceptors (Lipinski definition) is 2. The SMILES string of the molecule is C=CC(=O)N(CCCCCCCCCC)CCCN(C(C)(C)C)C(C)(C)C. The number of amides is 1. The predicted molar refractivity (Wildman–Crippen MR) is 120 cm³/mol. The van der Waals surface area contributed by atoms with Crippen LogP contribution in [0.25, 0.3) is 0 Å². The summed E-state index contributed by atoms with van der Waals surface area (Å²) in [5, 5.41) is 0. The molecule has 0 bridgehead atoms. The zero-order chi connectivity index (χ0) is 20.9. The molecule has 0 saturated heterocycles. The van der Waals surface area contributed by atoms with Crippen molar-refractivity contribution in [2.75, 3.05) is 19.6 Å². The van der Waals surface area contributed by atoms with Crippen LogP contribution in [0.1, 0.15) is 106 Å². The lowest BCUT2D eigenvalue weighted by Crippen LogP contribution is -2.53. The van der Waals surface area contributed by atoms with Crippen LogP contribution in [0.15, 0.2) is 12.7 Å². The van der Waals surface area contributed by atoms with E-state index in [1.54, 1.807) is 0 Å². The Hall–Kier alpha value is -0.830. The molecule has 0 saturated carbocycles. The first-order chi connectivity index (χ1) is 12.5. The zero-order valence-electron chi connectivity index (χ0n) is 19.6. The third-order valence-corrected chi connectivity index (χ3v) is 5.20. The Morgan fingerprint density at radius 1 is 0.741 bits per heavy atom. The second kappa shape index (κ2) is 13.4. The average Bonchev–Trinajstić information content (AvgIpc) is 2.55. The highest BCUT2D eigenvalue weighted by Crippen LogP contribution is 2.24. The van der Waals surface area contributed by atoms with E-state index in [2.05, 4.69) is 59.9 Å². The second-order valence-electron chi connectivity index (χ2n) is 9.85. The van der Waals surface area contributed by atoms with Crippen LogP contribution in [0.5, 0.6) is 0 Å². The standard InChI is InChI=1S/C24H48N2O/c1-9-11-12-13-14-15-16-17-19-25(22(27)10-2)20-18-21-26(23(3,4)5)24(6,7)8/h10H,2,9,11-21H2,1,3-8H3. The van der Waals surface area contributed by atoms with Crippen LogP contribution in [-0.4, -0.2) is 46.4 Å². The van der Waals surface area contributed by atoms with Gasteiger partial charge in [-0.3, -0.25) is 9.69 Å². The summed E-state index contributed by atoms with van der Waals surface area (Å²) in [6, 6.07) is 0. The minimum Gasteiger partial charge on any atom is -0.339 e. The number of rotatable bonds is 14. The van der Waals surface area contributed by atoms with Crippen molar-refractivity contribution < 1.29 is 4.79 Å². The van der Waals surface area contributed by atoms with Crippen molar-refractivity contribution >= 4 is 5.91 Å². The van der Waals surface area contributed by atoms with Gasteiger partial charge in [-0.15, -0.1) is 0 Å². The molecule has 0 unspecified atom stereocenters. The van der Waals surface area contributed by atoms with Gasteiger partial charge in [0, 0.05) is 30.7 Å². The van der Waals surface area contributed by atoms with E-state index in [-0.39, 0.29) is 17.0 Å². The summed E-state index contributed by atoms with van der Waals surface area (Å²) in [5.74, 6) is 0.0796. The third-order valence-electron chi connectivity index (χ3n) is 5.20. The van der Waals surface area contributed by atoms with Gasteiger partial charge in [-0.25, -0.2) is 0 Å². The Morgan fingerprint density at radius 2 is 1.19 bits per heavy atom. The van der Waals surface area contributed by atoms with Gasteiger partial charge in [-0.1, -0.05) is 58.4 Å². The molecule has 0 aliphatic carbocycles. The molecular formula is C24H48N2O. The first kappa shape index (κ1) is 26.2. The lowest BCUT2D eigenvalue weighted by molar-refractivity contribution is -0.126. The maximum atomic E-state index is 12.2. The minimum absolute atomic E-state index is 0.0796. The number of unbranched alkanes of at least 4 members (excludes halogenated alkanes) is 7. The summed E-state index contributed by atoms with van der Waals surface area (Å²) in [6.07, 6.45) is 12.8. The lowest BCUT2D eigenvalue weighted by Gasteiger charge is -2.45. The highest BCUT2D eigenvalue weighted by Gasteiger charge is 2.30. The maximum Gasteiger partial charge on any atom is 0.245 e. The van der Waals surface area contributed by atoms with Crippen LogP contribution in [0.4, 0.5) is 0 Å². The van der Waals surface area contributed by atoms with Crippen LogP contribution in [0, 0.1) is 0 Å². The summed E-state index contributed by atoms with van der Waals surface area (Å²) in [7, 11) is 0. The fraction of sp³-hybridized carbons (Fsp3) is 0.875. The maximum absolute atomic E-state index is 12.2. The van der Waals surface area contributed by atoms with Gasteiger partial charge < -0.3 is 4.90 Å². The van der Waals surface area contributed by atoms with Crippen LogP contribution in [0.3, 0.4) is 0 Å². The first-order valence-corrected chi connectivity index (χ1v) is 11.2. The Kier molecular flexibility index (Phi) is 13.0. The van der Waals surface area contributed by atoms with Crippen molar-refractivity contribution in [2.45, 2.75) is 117 Å². The Bertz CT molecular complexity index is 390. The highest BCUT2D eigenvalue weighted by atomic mass is 16.2. The van der Waals surface area contributed by atoms with Crippen LogP contribution < -0.4 is 0 Å². The highest BCUT2D eigenvalue weighted by molar-refractivity contribution is 5.86. The minimum atomic E-state index is 0.0796. The summed E-state index contributed by atoms with van der Waals surface area (Å²) >= 11 is 0. The van der Waals surface area contributed by atoms with Crippen molar-refractivity contribution in [1.82, 2.24) is 9.80 Å². The number of hydrogen-bond donors (Lipinski definition) is 0. The summed E-state index contributed by atoms with van der Waals surface area (Å²) in [4.78, 5) is 16.7. The number of carbonyl (C=O) groups is 1. The van der Waals surface area contributed by atoms with Gasteiger partial charge in [-0.05, 0) is 60.5 Å². The number of nitrogens with zero attached hydrogens (tertiary/aromatic N) is 2. The molecule has 0 atom stereocenters. The Morgan fingerprint density at radius 3 is 1.63 bits per heavy atom. The molecule has 0 aromatic carbocycles. The van der Waals surface area contributed by atoms with Crippen molar-refractivity contribution in [1.29, 1.82) is 0 Å². The molecule has 0 heterocycles. The monoisotopic (exact) mass is 380 g/mol. The van der Waals surface area contributed by atoms with E-state index < -0.39 is 0 Å². The van der Waals surface area contributed by atoms with Gasteiger partial charge in [0.25, 0.3) is 0 Å². The molecule has 0 aliphatic rings. The summed E-state index contributed by atoms with van der Waals surface area (Å²) < 4.78 is 0. The molecule has 0 radical (unpaired) electrons. The van der Waals surface area contributed by atoms with E-state index in [9.17, 15) is 4.79 Å². The van der Waals surface area contributed by atoms with Gasteiger partial charge in [0.15, 0.2) is 0 Å². The van der Waals surface area contributed by atoms with Gasteiger partial charge in [0.2, 0.25) is 5.91 Å². The molecular weight excluding hydrogens is 332 g/mol. The smallest absolute Gasteiger partial charge is 0.245 e. The van der Waals surface area contributed by atoms with E-state index in [0.29, 0.717) is 0 Å². The largest absolute Gasteiger partial charge is 0.339 e. The molecule has 0 fully saturated rings. The van der Waals surface area contributed by atoms with Gasteiger partial charge in [0.1, 0.15) is 0 Å². The van der Waals surface area contributed by atoms with Crippen LogP contribution >= 0.6 is 0 Å². The predicted octanol–water partition coefficient (Wildman–Crippen LogP) is 6.43. The molecule has 0 aromatic heterocycles. The van der Waals surface area contributed by atoms with Crippen molar-refractivity contribution in [3.63, 3.8) is 0 Å². The normalized spacial score (nSPS) is 12.4. The molecule has 1 amide bonds. The molecule has 0 aromatic rings. The van der Waals surface area contributed by atoms with Crippen molar-refractivity contribution in [2.24, 2.45) is 0 Å². The fourth-order valence-electron chi connectivity index (χ4n) is 3.99. The quantitative estimate of drug-likeness (QED) is 0.256. The van der Waals surface area contributed by atoms with Crippen molar-refractivity contribution in [3.05, 3.63) is 12.7 Å². The molecule has 3 heteroatoms. The van der Waals surface area contributed by atoms with E-state index >= 15 is 0 Å². The Balaban J connectivity index is 4.31. The van der Waals surface area contributed by atoms with E-state index in [1.165, 1.54) is 51.0 Å². The molecule has 0 aliphatic heterocycles. The Labute approximate surface area is 170 Å². The van der Waals surface area contributed by atoms with E-state index in [0.717, 1.165) is 32.5 Å². The zero-order valence-corrected chi connectivity index (χ0v) is 19.6. The lowest BCUT2D eigenvalue weighted by atomic mass is 9.95. The molecule has 160 valence electrons. The average molecular weight is 381 g/mol. The second-order valence-corrected chi connectivity index (χ2v) is 9.85. The molecule has 0 spiro atoms. The summed E-state index contributed by atoms with van der Waals surface area (Å²) in [6.45, 7) is 22.3. The summed E-state index contributed by atoms with van der Waals surface area (Å²) in [5.41, 5.74) is 0.257. The topological polar surface area (TPSA) is 23.6 Å². The van der Waals surface area contributed by atoms with Gasteiger partial charge in [0.05, 0.1) is 0 Å². The molecule has 27 heavy (non-hydrogen) atoms. The molecule has 0 rings (SSSR count). The molecule has 3 nitrogen and oxygen atoms in total. The van der Waals surface area contributed by atoms with Crippen LogP contribution in [-0.2, 0) is 4.79 Å². The van der Waals surface area contributed by atoms with Crippen LogP contribution in [0.2, 0.25) is 0 Å². The third kappa shape index (κ3) is 12.3. The first-order valence-electron chi connectivity index (χ1n) is 11.2. The van der Waals surface area contributed by atoms with E-state index in [4.69, 9.17) is 0 Å². The van der Waals surface area contributed by atoms with Gasteiger partial charge in [-0.2, -0.15) is 0 Å². The van der Waals surface area contributed by atoms with E-state index in [1.807, 2.05) is 4.90 Å². The van der Waals surface area contributed by atoms with Crippen molar-refractivity contribution in [3.8, 4) is 0 Å². The number of carbonyl (C=O) groups excluding carboxylic acids is 1. The van der Waals surface area contributed by atoms with Gasteiger partial charge >= 0.3 is 0 Å². The fourth-order valence-corrected chi connectivity index (χ4v) is 3.99. The molecule has 0 N–H and O–H groups in total.